The molecule has 6 heteroatoms. The monoisotopic (exact) mass is 240 g/mol. The number of amides is 1. The van der Waals surface area contributed by atoms with Crippen LogP contribution in [0.2, 0.25) is 0 Å². The quantitative estimate of drug-likeness (QED) is 0.701. The van der Waals surface area contributed by atoms with Gasteiger partial charge in [0.15, 0.2) is 0 Å². The highest BCUT2D eigenvalue weighted by Gasteiger charge is 2.18. The Morgan fingerprint density at radius 2 is 2.06 bits per heavy atom. The number of aliphatic hydroxyl groups excluding tert-OH is 2. The molecule has 0 saturated carbocycles. The third-order valence-electron chi connectivity index (χ3n) is 2.26. The molecule has 0 atom stereocenters. The van der Waals surface area contributed by atoms with E-state index in [1.807, 2.05) is 0 Å². The molecule has 0 aliphatic rings. The maximum atomic E-state index is 12.1. The van der Waals surface area contributed by atoms with Gasteiger partial charge in [-0.05, 0) is 6.07 Å². The lowest BCUT2D eigenvalue weighted by Gasteiger charge is -2.21. The molecule has 0 unspecified atom stereocenters. The molecule has 0 fully saturated rings. The number of hydrogen-bond donors (Lipinski definition) is 2. The van der Waals surface area contributed by atoms with E-state index in [4.69, 9.17) is 14.9 Å². The van der Waals surface area contributed by atoms with E-state index in [1.54, 1.807) is 6.07 Å². The second-order valence-corrected chi connectivity index (χ2v) is 3.32. The number of pyridine rings is 1. The van der Waals surface area contributed by atoms with Gasteiger partial charge in [-0.1, -0.05) is 0 Å². The number of ether oxygens (including phenoxy) is 1. The fourth-order valence-corrected chi connectivity index (χ4v) is 1.45. The van der Waals surface area contributed by atoms with Gasteiger partial charge in [0.05, 0.1) is 32.1 Å². The lowest BCUT2D eigenvalue weighted by atomic mass is 10.2. The van der Waals surface area contributed by atoms with Crippen molar-refractivity contribution in [3.05, 3.63) is 24.0 Å². The van der Waals surface area contributed by atoms with Crippen molar-refractivity contribution in [2.24, 2.45) is 0 Å². The van der Waals surface area contributed by atoms with E-state index in [0.717, 1.165) is 0 Å². The van der Waals surface area contributed by atoms with Gasteiger partial charge in [0.1, 0.15) is 5.75 Å². The van der Waals surface area contributed by atoms with Crippen LogP contribution in [0.4, 0.5) is 0 Å². The predicted octanol–water partition coefficient (Wildman–Crippen LogP) is -0.483. The van der Waals surface area contributed by atoms with E-state index in [2.05, 4.69) is 4.98 Å². The van der Waals surface area contributed by atoms with Gasteiger partial charge in [-0.2, -0.15) is 0 Å². The van der Waals surface area contributed by atoms with E-state index in [1.165, 1.54) is 24.4 Å². The van der Waals surface area contributed by atoms with Crippen LogP contribution >= 0.6 is 0 Å². The minimum Gasteiger partial charge on any atom is -0.494 e. The third kappa shape index (κ3) is 3.40. The summed E-state index contributed by atoms with van der Waals surface area (Å²) < 4.78 is 5.04. The number of hydrogen-bond acceptors (Lipinski definition) is 5. The van der Waals surface area contributed by atoms with Crippen molar-refractivity contribution in [2.75, 3.05) is 33.4 Å². The minimum atomic E-state index is -0.299. The summed E-state index contributed by atoms with van der Waals surface area (Å²) in [5, 5.41) is 17.7. The first-order valence-electron chi connectivity index (χ1n) is 5.23. The van der Waals surface area contributed by atoms with Crippen molar-refractivity contribution in [1.82, 2.24) is 9.88 Å². The highest BCUT2D eigenvalue weighted by Crippen LogP contribution is 2.17. The largest absolute Gasteiger partial charge is 0.494 e. The number of aliphatic hydroxyl groups is 2. The molecular formula is C11H16N2O4. The predicted molar refractivity (Wildman–Crippen MR) is 60.9 cm³/mol. The first kappa shape index (κ1) is 13.4. The van der Waals surface area contributed by atoms with Crippen LogP contribution < -0.4 is 4.74 Å². The van der Waals surface area contributed by atoms with Crippen LogP contribution in [0, 0.1) is 0 Å². The molecule has 17 heavy (non-hydrogen) atoms. The summed E-state index contributed by atoms with van der Waals surface area (Å²) in [6, 6.07) is 1.54. The molecule has 94 valence electrons. The summed E-state index contributed by atoms with van der Waals surface area (Å²) in [6.07, 6.45) is 2.94. The molecule has 1 rings (SSSR count). The van der Waals surface area contributed by atoms with Crippen molar-refractivity contribution in [1.29, 1.82) is 0 Å². The molecule has 0 aliphatic heterocycles. The molecule has 0 radical (unpaired) electrons. The lowest BCUT2D eigenvalue weighted by Crippen LogP contribution is -2.36. The number of rotatable bonds is 6. The van der Waals surface area contributed by atoms with Crippen molar-refractivity contribution in [3.8, 4) is 5.75 Å². The summed E-state index contributed by atoms with van der Waals surface area (Å²) in [5.41, 5.74) is 0.365. The summed E-state index contributed by atoms with van der Waals surface area (Å²) in [6.45, 7) is 0.0357. The van der Waals surface area contributed by atoms with Gasteiger partial charge < -0.3 is 19.8 Å². The molecule has 0 bridgehead atoms. The molecule has 1 aromatic heterocycles. The molecule has 0 saturated heterocycles. The highest BCUT2D eigenvalue weighted by atomic mass is 16.5. The zero-order valence-electron chi connectivity index (χ0n) is 9.67. The molecule has 1 aromatic rings. The van der Waals surface area contributed by atoms with Crippen LogP contribution in [0.25, 0.3) is 0 Å². The Balaban J connectivity index is 2.92. The first-order chi connectivity index (χ1) is 8.24. The molecular weight excluding hydrogens is 224 g/mol. The fourth-order valence-electron chi connectivity index (χ4n) is 1.45. The van der Waals surface area contributed by atoms with Crippen LogP contribution in [0.1, 0.15) is 10.4 Å². The fraction of sp³-hybridized carbons (Fsp3) is 0.455. The zero-order chi connectivity index (χ0) is 12.7. The summed E-state index contributed by atoms with van der Waals surface area (Å²) >= 11 is 0. The summed E-state index contributed by atoms with van der Waals surface area (Å²) in [4.78, 5) is 17.3. The number of aromatic nitrogens is 1. The van der Waals surface area contributed by atoms with Gasteiger partial charge in [0.2, 0.25) is 0 Å². The molecule has 1 amide bonds. The Morgan fingerprint density at radius 3 is 2.59 bits per heavy atom. The smallest absolute Gasteiger partial charge is 0.257 e. The second kappa shape index (κ2) is 6.82. The van der Waals surface area contributed by atoms with Crippen molar-refractivity contribution in [2.45, 2.75) is 0 Å². The van der Waals surface area contributed by atoms with Gasteiger partial charge in [0, 0.05) is 19.3 Å². The van der Waals surface area contributed by atoms with Gasteiger partial charge in [0.25, 0.3) is 5.91 Å². The van der Waals surface area contributed by atoms with E-state index >= 15 is 0 Å². The van der Waals surface area contributed by atoms with Gasteiger partial charge in [-0.3, -0.25) is 9.78 Å². The summed E-state index contributed by atoms with van der Waals surface area (Å²) in [7, 11) is 1.45. The van der Waals surface area contributed by atoms with Crippen LogP contribution in [0.5, 0.6) is 5.75 Å². The van der Waals surface area contributed by atoms with Crippen LogP contribution in [0.3, 0.4) is 0 Å². The van der Waals surface area contributed by atoms with E-state index < -0.39 is 0 Å². The average molecular weight is 240 g/mol. The Bertz CT molecular complexity index is 364. The normalized spacial score (nSPS) is 10.1. The Kier molecular flexibility index (Phi) is 5.38. The van der Waals surface area contributed by atoms with Crippen molar-refractivity contribution < 1.29 is 19.7 Å². The molecule has 0 spiro atoms. The Morgan fingerprint density at radius 1 is 1.41 bits per heavy atom. The lowest BCUT2D eigenvalue weighted by molar-refractivity contribution is 0.0681. The zero-order valence-corrected chi connectivity index (χ0v) is 9.67. The number of methoxy groups -OCH3 is 1. The molecule has 0 aliphatic carbocycles. The van der Waals surface area contributed by atoms with Crippen LogP contribution in [0.15, 0.2) is 18.5 Å². The van der Waals surface area contributed by atoms with Crippen LogP contribution in [-0.4, -0.2) is 59.4 Å². The maximum Gasteiger partial charge on any atom is 0.257 e. The van der Waals surface area contributed by atoms with Crippen LogP contribution in [-0.2, 0) is 0 Å². The molecule has 1 heterocycles. The average Bonchev–Trinajstić information content (AvgIpc) is 2.37. The number of carbonyl (C=O) groups excluding carboxylic acids is 1. The second-order valence-electron chi connectivity index (χ2n) is 3.32. The van der Waals surface area contributed by atoms with Gasteiger partial charge >= 0.3 is 0 Å². The van der Waals surface area contributed by atoms with E-state index in [9.17, 15) is 4.79 Å². The maximum absolute atomic E-state index is 12.1. The SMILES string of the molecule is COc1cnccc1C(=O)N(CCO)CCO. The minimum absolute atomic E-state index is 0.154. The highest BCUT2D eigenvalue weighted by molar-refractivity contribution is 5.96. The van der Waals surface area contributed by atoms with Gasteiger partial charge in [-0.15, -0.1) is 0 Å². The van der Waals surface area contributed by atoms with Crippen molar-refractivity contribution in [3.63, 3.8) is 0 Å². The Labute approximate surface area is 99.5 Å². The standard InChI is InChI=1S/C11H16N2O4/c1-17-10-8-12-3-2-9(10)11(16)13(4-6-14)5-7-15/h2-3,8,14-15H,4-7H2,1H3. The first-order valence-corrected chi connectivity index (χ1v) is 5.23. The molecule has 0 aromatic carbocycles. The number of carbonyl (C=O) groups is 1. The molecule has 6 nitrogen and oxygen atoms in total. The molecule has 2 N–H and O–H groups in total. The number of nitrogens with zero attached hydrogens (tertiary/aromatic N) is 2. The topological polar surface area (TPSA) is 82.9 Å². The Hall–Kier alpha value is -1.66. The van der Waals surface area contributed by atoms with E-state index in [0.29, 0.717) is 11.3 Å². The van der Waals surface area contributed by atoms with Gasteiger partial charge in [-0.25, -0.2) is 0 Å². The van der Waals surface area contributed by atoms with Crippen molar-refractivity contribution >= 4 is 5.91 Å². The summed E-state index contributed by atoms with van der Waals surface area (Å²) in [5.74, 6) is 0.0747. The van der Waals surface area contributed by atoms with E-state index in [-0.39, 0.29) is 32.2 Å². The third-order valence-corrected chi connectivity index (χ3v) is 2.26.